The Morgan fingerprint density at radius 3 is 2.53 bits per heavy atom. The third-order valence-corrected chi connectivity index (χ3v) is 4.71. The van der Waals surface area contributed by atoms with Crippen LogP contribution in [-0.2, 0) is 14.1 Å². The molecular weight excluding hydrogens is 243 g/mol. The lowest BCUT2D eigenvalue weighted by Gasteiger charge is -2.29. The predicted octanol–water partition coefficient (Wildman–Crippen LogP) is 0.126. The van der Waals surface area contributed by atoms with E-state index in [0.717, 1.165) is 6.42 Å². The Balaban J connectivity index is 1.84. The average molecular weight is 262 g/mol. The Morgan fingerprint density at radius 2 is 1.94 bits per heavy atom. The molecule has 2 aliphatic heterocycles. The minimum absolute atomic E-state index is 0.00116. The number of carbonyl (C=O) groups is 1. The first-order valence-corrected chi connectivity index (χ1v) is 7.98. The molecule has 0 radical (unpaired) electrons. The van der Waals surface area contributed by atoms with Crippen molar-refractivity contribution >= 4 is 13.3 Å². The molecule has 0 aromatic carbocycles. The summed E-state index contributed by atoms with van der Waals surface area (Å²) in [5, 5.41) is 0. The fraction of sp³-hybridized carbons (Fsp3) is 0.900. The molecule has 0 aromatic heterocycles. The lowest BCUT2D eigenvalue weighted by atomic mass is 10.4. The maximum absolute atomic E-state index is 12.1. The van der Waals surface area contributed by atoms with Gasteiger partial charge in [0.05, 0.1) is 25.8 Å². The molecule has 1 unspecified atom stereocenters. The minimum Gasteiger partial charge on any atom is -0.379 e. The summed E-state index contributed by atoms with van der Waals surface area (Å²) in [5.41, 5.74) is 0. The van der Waals surface area contributed by atoms with Crippen molar-refractivity contribution in [1.82, 2.24) is 9.80 Å². The molecule has 2 saturated heterocycles. The predicted molar refractivity (Wildman–Crippen MR) is 62.9 cm³/mol. The Bertz CT molecular complexity index is 330. The number of nitrogens with zero attached hydrogens (tertiary/aromatic N) is 2. The lowest BCUT2D eigenvalue weighted by molar-refractivity contribution is -0.127. The fourth-order valence-corrected chi connectivity index (χ4v) is 4.05. The van der Waals surface area contributed by atoms with Gasteiger partial charge in [0.2, 0.25) is 13.3 Å². The van der Waals surface area contributed by atoms with Crippen LogP contribution in [0.3, 0.4) is 0 Å². The summed E-state index contributed by atoms with van der Waals surface area (Å²) < 4.78 is 17.2. The van der Waals surface area contributed by atoms with Crippen molar-refractivity contribution in [1.29, 1.82) is 0 Å². The molecule has 1 amide bonds. The first-order valence-electron chi connectivity index (χ1n) is 5.95. The summed E-state index contributed by atoms with van der Waals surface area (Å²) in [4.78, 5) is 24.8. The standard InChI is InChI=1S/C10H19N2O4P/c13-10-2-1-3-12(10)9-17(14,15)8-11-4-6-16-7-5-11/h1-9H2,(H,14,15). The molecule has 1 atom stereocenters. The number of ether oxygens (including phenoxy) is 1. The Morgan fingerprint density at radius 1 is 1.24 bits per heavy atom. The summed E-state index contributed by atoms with van der Waals surface area (Å²) in [5.74, 6) is 0.00116. The molecular formula is C10H19N2O4P. The molecule has 0 aromatic rings. The normalized spacial score (nSPS) is 26.2. The van der Waals surface area contributed by atoms with E-state index in [-0.39, 0.29) is 18.5 Å². The van der Waals surface area contributed by atoms with E-state index in [9.17, 15) is 14.3 Å². The zero-order chi connectivity index (χ0) is 12.3. The van der Waals surface area contributed by atoms with Gasteiger partial charge in [-0.15, -0.1) is 0 Å². The Labute approximate surface area is 101 Å². The van der Waals surface area contributed by atoms with Crippen LogP contribution in [0.2, 0.25) is 0 Å². The van der Waals surface area contributed by atoms with Crippen molar-refractivity contribution in [2.24, 2.45) is 0 Å². The van der Waals surface area contributed by atoms with E-state index in [0.29, 0.717) is 39.3 Å². The lowest BCUT2D eigenvalue weighted by Crippen LogP contribution is -2.38. The quantitative estimate of drug-likeness (QED) is 0.729. The van der Waals surface area contributed by atoms with E-state index in [1.807, 2.05) is 4.90 Å². The van der Waals surface area contributed by atoms with E-state index >= 15 is 0 Å². The van der Waals surface area contributed by atoms with Crippen LogP contribution in [0.1, 0.15) is 12.8 Å². The number of likely N-dealkylation sites (tertiary alicyclic amines) is 1. The van der Waals surface area contributed by atoms with Gasteiger partial charge in [0.1, 0.15) is 0 Å². The number of carbonyl (C=O) groups excluding carboxylic acids is 1. The SMILES string of the molecule is O=C1CCCN1CP(=O)(O)CN1CCOCC1. The van der Waals surface area contributed by atoms with Gasteiger partial charge < -0.3 is 14.5 Å². The average Bonchev–Trinajstić information content (AvgIpc) is 2.64. The molecule has 6 nitrogen and oxygen atoms in total. The highest BCUT2D eigenvalue weighted by Gasteiger charge is 2.30. The molecule has 0 saturated carbocycles. The summed E-state index contributed by atoms with van der Waals surface area (Å²) in [6, 6.07) is 0. The third-order valence-electron chi connectivity index (χ3n) is 3.09. The maximum atomic E-state index is 12.1. The van der Waals surface area contributed by atoms with Crippen molar-refractivity contribution in [3.05, 3.63) is 0 Å². The van der Waals surface area contributed by atoms with Crippen LogP contribution >= 0.6 is 7.37 Å². The van der Waals surface area contributed by atoms with Gasteiger partial charge in [0.25, 0.3) is 0 Å². The van der Waals surface area contributed by atoms with Crippen LogP contribution in [0.25, 0.3) is 0 Å². The van der Waals surface area contributed by atoms with Gasteiger partial charge >= 0.3 is 0 Å². The number of morpholine rings is 1. The number of hydrogen-bond donors (Lipinski definition) is 1. The van der Waals surface area contributed by atoms with Crippen LogP contribution < -0.4 is 0 Å². The topological polar surface area (TPSA) is 70.1 Å². The van der Waals surface area contributed by atoms with Gasteiger partial charge in [0, 0.05) is 26.1 Å². The molecule has 0 aliphatic carbocycles. The van der Waals surface area contributed by atoms with Crippen LogP contribution in [0.15, 0.2) is 0 Å². The molecule has 2 fully saturated rings. The first kappa shape index (κ1) is 13.0. The van der Waals surface area contributed by atoms with Gasteiger partial charge in [-0.2, -0.15) is 0 Å². The third kappa shape index (κ3) is 3.78. The van der Waals surface area contributed by atoms with E-state index in [4.69, 9.17) is 4.74 Å². The fourth-order valence-electron chi connectivity index (χ4n) is 2.22. The monoisotopic (exact) mass is 262 g/mol. The molecule has 0 spiro atoms. The summed E-state index contributed by atoms with van der Waals surface area (Å²) in [7, 11) is -3.27. The van der Waals surface area contributed by atoms with Crippen LogP contribution in [-0.4, -0.2) is 66.0 Å². The second-order valence-corrected chi connectivity index (χ2v) is 6.88. The van der Waals surface area contributed by atoms with E-state index in [1.54, 1.807) is 0 Å². The Hall–Kier alpha value is -0.420. The summed E-state index contributed by atoms with van der Waals surface area (Å²) in [6.45, 7) is 3.23. The molecule has 0 bridgehead atoms. The van der Waals surface area contributed by atoms with Gasteiger partial charge in [-0.25, -0.2) is 0 Å². The van der Waals surface area contributed by atoms with Crippen LogP contribution in [0.4, 0.5) is 0 Å². The smallest absolute Gasteiger partial charge is 0.232 e. The van der Waals surface area contributed by atoms with Crippen molar-refractivity contribution < 1.29 is 19.0 Å². The largest absolute Gasteiger partial charge is 0.379 e. The second-order valence-electron chi connectivity index (χ2n) is 4.62. The highest BCUT2D eigenvalue weighted by Crippen LogP contribution is 2.42. The van der Waals surface area contributed by atoms with E-state index in [1.165, 1.54) is 4.90 Å². The first-order chi connectivity index (χ1) is 8.07. The van der Waals surface area contributed by atoms with Crippen LogP contribution in [0.5, 0.6) is 0 Å². The second kappa shape index (κ2) is 5.48. The Kier molecular flexibility index (Phi) is 4.20. The van der Waals surface area contributed by atoms with Gasteiger partial charge in [-0.05, 0) is 6.42 Å². The zero-order valence-corrected chi connectivity index (χ0v) is 10.8. The van der Waals surface area contributed by atoms with Gasteiger partial charge in [-0.3, -0.25) is 14.3 Å². The minimum atomic E-state index is -3.27. The van der Waals surface area contributed by atoms with Crippen molar-refractivity contribution in [3.8, 4) is 0 Å². The molecule has 2 heterocycles. The van der Waals surface area contributed by atoms with E-state index < -0.39 is 7.37 Å². The maximum Gasteiger partial charge on any atom is 0.232 e. The highest BCUT2D eigenvalue weighted by molar-refractivity contribution is 7.57. The zero-order valence-electron chi connectivity index (χ0n) is 9.88. The summed E-state index contributed by atoms with van der Waals surface area (Å²) >= 11 is 0. The molecule has 7 heteroatoms. The van der Waals surface area contributed by atoms with E-state index in [2.05, 4.69) is 0 Å². The molecule has 1 N–H and O–H groups in total. The van der Waals surface area contributed by atoms with Crippen molar-refractivity contribution in [3.63, 3.8) is 0 Å². The molecule has 98 valence electrons. The number of amides is 1. The van der Waals surface area contributed by atoms with Gasteiger partial charge in [0.15, 0.2) is 0 Å². The summed E-state index contributed by atoms with van der Waals surface area (Å²) in [6.07, 6.45) is 1.48. The van der Waals surface area contributed by atoms with Crippen LogP contribution in [0, 0.1) is 0 Å². The van der Waals surface area contributed by atoms with Crippen molar-refractivity contribution in [2.45, 2.75) is 12.8 Å². The molecule has 2 rings (SSSR count). The van der Waals surface area contributed by atoms with Gasteiger partial charge in [-0.1, -0.05) is 0 Å². The van der Waals surface area contributed by atoms with Crippen molar-refractivity contribution in [2.75, 3.05) is 45.4 Å². The molecule has 2 aliphatic rings. The number of hydrogen-bond acceptors (Lipinski definition) is 4. The highest BCUT2D eigenvalue weighted by atomic mass is 31.2. The number of rotatable bonds is 4. The molecule has 17 heavy (non-hydrogen) atoms.